The van der Waals surface area contributed by atoms with Crippen LogP contribution in [0.5, 0.6) is 0 Å². The van der Waals surface area contributed by atoms with Gasteiger partial charge in [0.2, 0.25) is 5.95 Å². The van der Waals surface area contributed by atoms with E-state index >= 15 is 0 Å². The van der Waals surface area contributed by atoms with Crippen LogP contribution in [-0.2, 0) is 0 Å². The van der Waals surface area contributed by atoms with Gasteiger partial charge in [0.05, 0.1) is 40.3 Å². The number of hydrogen-bond acceptors (Lipinski definition) is 10. The van der Waals surface area contributed by atoms with Crippen molar-refractivity contribution in [2.24, 2.45) is 0 Å². The Hall–Kier alpha value is -3.64. The molecule has 3 aromatic rings. The number of anilines is 4. The fourth-order valence-corrected chi connectivity index (χ4v) is 4.87. The molecule has 1 saturated carbocycles. The van der Waals surface area contributed by atoms with Crippen LogP contribution in [0.1, 0.15) is 31.0 Å². The molecule has 1 aliphatic carbocycles. The first-order chi connectivity index (χ1) is 17.0. The van der Waals surface area contributed by atoms with E-state index in [-0.39, 0.29) is 17.7 Å². The lowest BCUT2D eigenvalue weighted by Crippen LogP contribution is -2.55. The Bertz CT molecular complexity index is 1330. The van der Waals surface area contributed by atoms with Crippen LogP contribution in [0, 0.1) is 22.7 Å². The predicted octanol–water partition coefficient (Wildman–Crippen LogP) is 2.34. The zero-order valence-corrected chi connectivity index (χ0v) is 20.0. The van der Waals surface area contributed by atoms with Crippen LogP contribution in [0.3, 0.4) is 0 Å². The molecule has 0 atom stereocenters. The molecule has 35 heavy (non-hydrogen) atoms. The van der Waals surface area contributed by atoms with Crippen molar-refractivity contribution in [1.29, 1.82) is 10.5 Å². The Balaban J connectivity index is 1.43. The molecule has 2 aromatic heterocycles. The van der Waals surface area contributed by atoms with E-state index in [4.69, 9.17) is 11.6 Å². The minimum absolute atomic E-state index is 0.172. The van der Waals surface area contributed by atoms with Gasteiger partial charge in [-0.1, -0.05) is 11.6 Å². The van der Waals surface area contributed by atoms with Crippen molar-refractivity contribution in [3.63, 3.8) is 0 Å². The largest absolute Gasteiger partial charge is 0.393 e. The Labute approximate surface area is 207 Å². The number of nitrogens with zero attached hydrogens (tertiary/aromatic N) is 8. The summed E-state index contributed by atoms with van der Waals surface area (Å²) in [7, 11) is 0. The quantitative estimate of drug-likeness (QED) is 0.469. The molecular weight excluding hydrogens is 468 g/mol. The highest BCUT2D eigenvalue weighted by molar-refractivity contribution is 6.36. The summed E-state index contributed by atoms with van der Waals surface area (Å²) in [6, 6.07) is 8.20. The van der Waals surface area contributed by atoms with Gasteiger partial charge in [-0.3, -0.25) is 4.90 Å². The number of halogens is 1. The van der Waals surface area contributed by atoms with Crippen molar-refractivity contribution in [2.75, 3.05) is 48.3 Å². The number of rotatable bonds is 6. The van der Waals surface area contributed by atoms with Crippen LogP contribution in [-0.4, -0.2) is 74.5 Å². The summed E-state index contributed by atoms with van der Waals surface area (Å²) >= 11 is 6.83. The first-order valence-corrected chi connectivity index (χ1v) is 12.0. The zero-order valence-electron chi connectivity index (χ0n) is 19.2. The van der Waals surface area contributed by atoms with E-state index in [0.29, 0.717) is 40.3 Å². The molecule has 0 unspecified atom stereocenters. The number of aliphatic hydroxyl groups excluding tert-OH is 1. The second kappa shape index (κ2) is 9.55. The fourth-order valence-electron chi connectivity index (χ4n) is 4.60. The molecule has 0 radical (unpaired) electrons. The van der Waals surface area contributed by atoms with Gasteiger partial charge < -0.3 is 20.6 Å². The summed E-state index contributed by atoms with van der Waals surface area (Å²) in [5.41, 5.74) is 2.47. The topological polar surface area (TPSA) is 141 Å². The summed E-state index contributed by atoms with van der Waals surface area (Å²) in [6.45, 7) is 5.84. The van der Waals surface area contributed by atoms with Gasteiger partial charge in [-0.15, -0.1) is 5.10 Å². The molecule has 1 aromatic carbocycles. The standard InChI is InChI=1S/C23H25ClN10O/c1-2-27-21-22-28-13-16(12-26)34(22)31-23(30-21)29-18-7-14(11-25)8-19(20(18)24)33-5-3-32(4-6-33)15-9-17(35)10-15/h7-8,13,15,17,35H,2-6,9-10H2,1H3,(H2,27,29,30,31)/t15-,17-. The highest BCUT2D eigenvalue weighted by Gasteiger charge is 2.34. The normalized spacial score (nSPS) is 20.2. The molecule has 5 rings (SSSR count). The van der Waals surface area contributed by atoms with Crippen molar-refractivity contribution in [2.45, 2.75) is 31.9 Å². The van der Waals surface area contributed by atoms with Crippen LogP contribution in [0.25, 0.3) is 5.65 Å². The van der Waals surface area contributed by atoms with Crippen LogP contribution in [0.2, 0.25) is 5.02 Å². The Morgan fingerprint density at radius 3 is 2.60 bits per heavy atom. The Morgan fingerprint density at radius 2 is 1.94 bits per heavy atom. The van der Waals surface area contributed by atoms with Crippen LogP contribution >= 0.6 is 11.6 Å². The minimum Gasteiger partial charge on any atom is -0.393 e. The predicted molar refractivity (Wildman–Crippen MR) is 132 cm³/mol. The Morgan fingerprint density at radius 1 is 1.17 bits per heavy atom. The molecule has 3 heterocycles. The van der Waals surface area contributed by atoms with Crippen LogP contribution in [0.15, 0.2) is 18.3 Å². The number of aromatic nitrogens is 4. The summed E-state index contributed by atoms with van der Waals surface area (Å²) in [5, 5.41) is 39.9. The maximum absolute atomic E-state index is 9.66. The number of imidazole rings is 1. The lowest BCUT2D eigenvalue weighted by Gasteiger charge is -2.45. The molecule has 2 fully saturated rings. The second-order valence-electron chi connectivity index (χ2n) is 8.70. The third kappa shape index (κ3) is 4.42. The molecule has 180 valence electrons. The molecule has 11 nitrogen and oxygen atoms in total. The first kappa shape index (κ1) is 23.1. The monoisotopic (exact) mass is 492 g/mol. The Kier molecular flexibility index (Phi) is 6.31. The van der Waals surface area contributed by atoms with E-state index in [0.717, 1.165) is 44.7 Å². The average Bonchev–Trinajstić information content (AvgIpc) is 3.27. The lowest BCUT2D eigenvalue weighted by atomic mass is 9.87. The fraction of sp³-hybridized carbons (Fsp3) is 0.435. The summed E-state index contributed by atoms with van der Waals surface area (Å²) in [5.74, 6) is 0.704. The van der Waals surface area contributed by atoms with E-state index < -0.39 is 0 Å². The van der Waals surface area contributed by atoms with Gasteiger partial charge in [0.25, 0.3) is 0 Å². The van der Waals surface area contributed by atoms with Crippen molar-refractivity contribution in [3.05, 3.63) is 34.6 Å². The van der Waals surface area contributed by atoms with Crippen LogP contribution in [0.4, 0.5) is 23.1 Å². The SMILES string of the molecule is CCNc1nc(Nc2cc(C#N)cc(N3CCN([C@H]4C[C@H](O)C4)CC3)c2Cl)nn2c(C#N)cnc12. The second-order valence-corrected chi connectivity index (χ2v) is 9.08. The lowest BCUT2D eigenvalue weighted by molar-refractivity contribution is -0.000359. The van der Waals surface area contributed by atoms with Gasteiger partial charge in [0.15, 0.2) is 17.2 Å². The maximum atomic E-state index is 9.66. The summed E-state index contributed by atoms with van der Waals surface area (Å²) in [4.78, 5) is 13.3. The molecule has 12 heteroatoms. The van der Waals surface area contributed by atoms with E-state index in [1.807, 2.05) is 6.92 Å². The van der Waals surface area contributed by atoms with Crippen molar-refractivity contribution < 1.29 is 5.11 Å². The van der Waals surface area contributed by atoms with E-state index in [9.17, 15) is 15.6 Å². The van der Waals surface area contributed by atoms with Gasteiger partial charge in [0.1, 0.15) is 6.07 Å². The van der Waals surface area contributed by atoms with Gasteiger partial charge in [-0.25, -0.2) is 4.98 Å². The van der Waals surface area contributed by atoms with Crippen molar-refractivity contribution in [1.82, 2.24) is 24.5 Å². The number of aliphatic hydroxyl groups is 1. The van der Waals surface area contributed by atoms with E-state index in [2.05, 4.69) is 47.6 Å². The molecule has 3 N–H and O–H groups in total. The number of fused-ring (bicyclic) bond motifs is 1. The maximum Gasteiger partial charge on any atom is 0.247 e. The molecule has 1 aliphatic heterocycles. The van der Waals surface area contributed by atoms with E-state index in [1.54, 1.807) is 12.1 Å². The van der Waals surface area contributed by atoms with E-state index in [1.165, 1.54) is 10.7 Å². The molecule has 0 amide bonds. The molecule has 2 aliphatic rings. The van der Waals surface area contributed by atoms with Gasteiger partial charge in [0, 0.05) is 38.8 Å². The summed E-state index contributed by atoms with van der Waals surface area (Å²) in [6.07, 6.45) is 2.94. The van der Waals surface area contributed by atoms with Gasteiger partial charge >= 0.3 is 0 Å². The molecule has 1 saturated heterocycles. The minimum atomic E-state index is -0.172. The molecule has 0 spiro atoms. The smallest absolute Gasteiger partial charge is 0.247 e. The number of piperazine rings is 1. The highest BCUT2D eigenvalue weighted by Crippen LogP contribution is 2.37. The zero-order chi connectivity index (χ0) is 24.5. The van der Waals surface area contributed by atoms with Gasteiger partial charge in [-0.2, -0.15) is 20.0 Å². The first-order valence-electron chi connectivity index (χ1n) is 11.6. The molecule has 0 bridgehead atoms. The number of hydrogen-bond donors (Lipinski definition) is 3. The third-order valence-corrected chi connectivity index (χ3v) is 6.91. The van der Waals surface area contributed by atoms with Crippen LogP contribution < -0.4 is 15.5 Å². The number of benzene rings is 1. The average molecular weight is 493 g/mol. The molecular formula is C23H25ClN10O. The third-order valence-electron chi connectivity index (χ3n) is 6.51. The summed E-state index contributed by atoms with van der Waals surface area (Å²) < 4.78 is 1.42. The van der Waals surface area contributed by atoms with Gasteiger partial charge in [-0.05, 0) is 31.9 Å². The van der Waals surface area contributed by atoms with Crippen molar-refractivity contribution in [3.8, 4) is 12.1 Å². The van der Waals surface area contributed by atoms with Crippen molar-refractivity contribution >= 4 is 40.4 Å². The number of nitriles is 2. The highest BCUT2D eigenvalue weighted by atomic mass is 35.5. The number of nitrogens with one attached hydrogen (secondary N) is 2.